The Morgan fingerprint density at radius 3 is 0.923 bits per heavy atom. The predicted octanol–water partition coefficient (Wildman–Crippen LogP) is 18.3. The minimum Gasteiger partial charge on any atom is -0.465 e. The second-order valence-corrected chi connectivity index (χ2v) is 23.7. The van der Waals surface area contributed by atoms with Gasteiger partial charge >= 0.3 is 23.9 Å². The average molecular weight is 1110 g/mol. The van der Waals surface area contributed by atoms with Gasteiger partial charge in [0.1, 0.15) is 12.2 Å². The topological polar surface area (TPSA) is 129 Å². The van der Waals surface area contributed by atoms with E-state index in [-0.39, 0.29) is 74.0 Å². The Labute approximate surface area is 482 Å². The molecule has 0 aromatic rings. The van der Waals surface area contributed by atoms with E-state index in [1.54, 1.807) is 0 Å². The zero-order valence-corrected chi connectivity index (χ0v) is 52.6. The van der Waals surface area contributed by atoms with E-state index < -0.39 is 0 Å². The fraction of sp³-hybridized carbons (Fsp3) is 0.925. The number of unbranched alkanes of at least 4 members (excludes halogenated alkanes) is 30. The maximum atomic E-state index is 13.7. The lowest BCUT2D eigenvalue weighted by molar-refractivity contribution is -0.151. The number of hydrogen-bond acceptors (Lipinski definition) is 10. The maximum Gasteiger partial charge on any atom is 0.306 e. The zero-order valence-electron chi connectivity index (χ0n) is 52.6. The highest BCUT2D eigenvalue weighted by Gasteiger charge is 2.23. The van der Waals surface area contributed by atoms with Gasteiger partial charge in [0.15, 0.2) is 0 Å². The van der Waals surface area contributed by atoms with Crippen molar-refractivity contribution in [3.63, 3.8) is 0 Å². The average Bonchev–Trinajstić information content (AvgIpc) is 3.42. The van der Waals surface area contributed by atoms with Crippen LogP contribution >= 0.6 is 0 Å². The number of nitrogens with zero attached hydrogens (tertiary/aromatic N) is 2. The third kappa shape index (κ3) is 51.5. The van der Waals surface area contributed by atoms with Crippen LogP contribution in [0, 0.1) is 5.92 Å². The third-order valence-corrected chi connectivity index (χ3v) is 15.5. The van der Waals surface area contributed by atoms with Gasteiger partial charge < -0.3 is 28.7 Å². The van der Waals surface area contributed by atoms with Crippen LogP contribution < -0.4 is 0 Å². The van der Waals surface area contributed by atoms with Crippen molar-refractivity contribution >= 4 is 29.8 Å². The molecule has 11 heteroatoms. The molecule has 0 aliphatic rings. The van der Waals surface area contributed by atoms with Crippen molar-refractivity contribution in [3.05, 3.63) is 0 Å². The van der Waals surface area contributed by atoms with E-state index in [1.165, 1.54) is 135 Å². The first-order valence-electron chi connectivity index (χ1n) is 33.6. The second-order valence-electron chi connectivity index (χ2n) is 23.7. The van der Waals surface area contributed by atoms with Crippen molar-refractivity contribution in [2.24, 2.45) is 5.92 Å². The van der Waals surface area contributed by atoms with Crippen LogP contribution in [0.4, 0.5) is 0 Å². The Bertz CT molecular complexity index is 1270. The summed E-state index contributed by atoms with van der Waals surface area (Å²) >= 11 is 0. The van der Waals surface area contributed by atoms with Crippen molar-refractivity contribution < 1.29 is 42.9 Å². The molecule has 0 rings (SSSR count). The monoisotopic (exact) mass is 1100 g/mol. The lowest BCUT2D eigenvalue weighted by Crippen LogP contribution is -2.40. The smallest absolute Gasteiger partial charge is 0.306 e. The van der Waals surface area contributed by atoms with E-state index in [4.69, 9.17) is 18.9 Å². The fourth-order valence-corrected chi connectivity index (χ4v) is 10.4. The van der Waals surface area contributed by atoms with Crippen LogP contribution in [0.1, 0.15) is 336 Å². The normalized spacial score (nSPS) is 11.6. The Morgan fingerprint density at radius 2 is 0.603 bits per heavy atom. The van der Waals surface area contributed by atoms with Gasteiger partial charge in [-0.3, -0.25) is 24.0 Å². The number of carbonyl (C=O) groups is 5. The first-order chi connectivity index (χ1) is 38.0. The molecule has 0 saturated carbocycles. The first-order valence-corrected chi connectivity index (χ1v) is 33.6. The zero-order chi connectivity index (χ0) is 57.4. The van der Waals surface area contributed by atoms with Crippen LogP contribution in [0.15, 0.2) is 0 Å². The van der Waals surface area contributed by atoms with Gasteiger partial charge in [0, 0.05) is 51.1 Å². The van der Waals surface area contributed by atoms with Crippen molar-refractivity contribution in [1.82, 2.24) is 9.80 Å². The van der Waals surface area contributed by atoms with Crippen LogP contribution in [0.5, 0.6) is 0 Å². The number of amides is 1. The van der Waals surface area contributed by atoms with Crippen LogP contribution in [0.2, 0.25) is 0 Å². The molecule has 78 heavy (non-hydrogen) atoms. The number of rotatable bonds is 60. The van der Waals surface area contributed by atoms with E-state index in [1.807, 2.05) is 19.0 Å². The molecule has 0 aromatic carbocycles. The molecule has 0 unspecified atom stereocenters. The molecule has 0 heterocycles. The molecule has 11 nitrogen and oxygen atoms in total. The van der Waals surface area contributed by atoms with Gasteiger partial charge in [-0.05, 0) is 111 Å². The second kappa shape index (κ2) is 57.5. The largest absolute Gasteiger partial charge is 0.465 e. The Morgan fingerprint density at radius 1 is 0.321 bits per heavy atom. The van der Waals surface area contributed by atoms with E-state index in [2.05, 4.69) is 39.5 Å². The molecule has 0 aromatic heterocycles. The van der Waals surface area contributed by atoms with Crippen LogP contribution in [0.3, 0.4) is 0 Å². The van der Waals surface area contributed by atoms with Gasteiger partial charge in [0.2, 0.25) is 5.91 Å². The molecule has 460 valence electrons. The highest BCUT2D eigenvalue weighted by molar-refractivity contribution is 5.76. The van der Waals surface area contributed by atoms with Gasteiger partial charge in [-0.2, -0.15) is 0 Å². The standard InChI is InChI=1S/C67H128N2O9/c1-8-13-18-23-28-36-46-61(47-37-29-24-19-14-9-2)77-66(73)53-43-34-32-41-51-64(71)75-58-60(57-69(56-45-55-68(6)7)63(70)50-40-27-22-17-12-5)59-76-65(72)52-42-33-35-44-54-67(74)78-62(48-38-30-25-20-15-10-3)49-39-31-26-21-16-11-4/h60-62H,8-59H2,1-7H3. The van der Waals surface area contributed by atoms with Gasteiger partial charge in [-0.25, -0.2) is 0 Å². The number of hydrogen-bond donors (Lipinski definition) is 0. The molecule has 0 atom stereocenters. The third-order valence-electron chi connectivity index (χ3n) is 15.5. The lowest BCUT2D eigenvalue weighted by Gasteiger charge is -2.28. The van der Waals surface area contributed by atoms with Crippen molar-refractivity contribution in [3.8, 4) is 0 Å². The lowest BCUT2D eigenvalue weighted by atomic mass is 10.0. The summed E-state index contributed by atoms with van der Waals surface area (Å²) in [5, 5.41) is 0. The number of esters is 4. The summed E-state index contributed by atoms with van der Waals surface area (Å²) in [6, 6.07) is 0. The van der Waals surface area contributed by atoms with Gasteiger partial charge in [0.05, 0.1) is 13.2 Å². The molecule has 0 bridgehead atoms. The molecule has 1 amide bonds. The molecule has 0 radical (unpaired) electrons. The molecule has 0 aliphatic heterocycles. The summed E-state index contributed by atoms with van der Waals surface area (Å²) < 4.78 is 23.8. The first kappa shape index (κ1) is 75.3. The van der Waals surface area contributed by atoms with E-state index in [0.29, 0.717) is 45.2 Å². The minimum atomic E-state index is -0.352. The quantitative estimate of drug-likeness (QED) is 0.0330. The summed E-state index contributed by atoms with van der Waals surface area (Å²) in [6.45, 7) is 13.1. The Kier molecular flexibility index (Phi) is 55.6. The van der Waals surface area contributed by atoms with Gasteiger partial charge in [0.25, 0.3) is 0 Å². The summed E-state index contributed by atoms with van der Waals surface area (Å²) in [5.74, 6) is -1.04. The van der Waals surface area contributed by atoms with Crippen LogP contribution in [-0.2, 0) is 42.9 Å². The fourth-order valence-electron chi connectivity index (χ4n) is 10.4. The minimum absolute atomic E-state index is 0.0212. The number of ether oxygens (including phenoxy) is 4. The SMILES string of the molecule is CCCCCCCCC(CCCCCCCC)OC(=O)CCCCCCC(=O)OCC(COC(=O)CCCCCCC(=O)OC(CCCCCCCC)CCCCCCCC)CN(CCCN(C)C)C(=O)CCCCCCC. The van der Waals surface area contributed by atoms with Crippen molar-refractivity contribution in [2.75, 3.05) is 46.9 Å². The number of carbonyl (C=O) groups excluding carboxylic acids is 5. The summed E-state index contributed by atoms with van der Waals surface area (Å²) in [7, 11) is 4.06. The van der Waals surface area contributed by atoms with E-state index >= 15 is 0 Å². The Balaban J connectivity index is 5.23. The maximum absolute atomic E-state index is 13.7. The summed E-state index contributed by atoms with van der Waals surface area (Å²) in [5.41, 5.74) is 0. The van der Waals surface area contributed by atoms with Crippen LogP contribution in [0.25, 0.3) is 0 Å². The van der Waals surface area contributed by atoms with Gasteiger partial charge in [-0.1, -0.05) is 214 Å². The molecule has 0 N–H and O–H groups in total. The molecular formula is C67H128N2O9. The highest BCUT2D eigenvalue weighted by Crippen LogP contribution is 2.21. The van der Waals surface area contributed by atoms with Crippen LogP contribution in [-0.4, -0.2) is 98.7 Å². The van der Waals surface area contributed by atoms with E-state index in [9.17, 15) is 24.0 Å². The molecule has 0 saturated heterocycles. The van der Waals surface area contributed by atoms with Crippen molar-refractivity contribution in [2.45, 2.75) is 349 Å². The predicted molar refractivity (Wildman–Crippen MR) is 326 cm³/mol. The molecule has 0 aliphatic carbocycles. The van der Waals surface area contributed by atoms with Crippen molar-refractivity contribution in [1.29, 1.82) is 0 Å². The Hall–Kier alpha value is -2.69. The molecule has 0 spiro atoms. The summed E-state index contributed by atoms with van der Waals surface area (Å²) in [6.07, 6.45) is 47.6. The molecule has 0 fully saturated rings. The summed E-state index contributed by atoms with van der Waals surface area (Å²) in [4.78, 5) is 69.8. The van der Waals surface area contributed by atoms with E-state index in [0.717, 1.165) is 129 Å². The van der Waals surface area contributed by atoms with Gasteiger partial charge in [-0.15, -0.1) is 0 Å². The molecular weight excluding hydrogens is 977 g/mol. The highest BCUT2D eigenvalue weighted by atomic mass is 16.6.